The number of nitrogens with two attached hydrogens (primary N) is 1. The van der Waals surface area contributed by atoms with E-state index in [-0.39, 0.29) is 18.3 Å². The SMILES string of the molecule is COc1ccc(CCNC(=O)c2cccc(OCC3CN(c4ccc(C(=N)N)cc4)C(=O)O3)c2)cc1. The fourth-order valence-electron chi connectivity index (χ4n) is 3.77. The second kappa shape index (κ2) is 11.3. The van der Waals surface area contributed by atoms with Crippen LogP contribution in [0.2, 0.25) is 0 Å². The van der Waals surface area contributed by atoms with Crippen molar-refractivity contribution < 1.29 is 23.8 Å². The fourth-order valence-corrected chi connectivity index (χ4v) is 3.77. The Labute approximate surface area is 209 Å². The van der Waals surface area contributed by atoms with Crippen molar-refractivity contribution in [3.8, 4) is 11.5 Å². The van der Waals surface area contributed by atoms with Gasteiger partial charge in [-0.3, -0.25) is 15.1 Å². The first-order valence-corrected chi connectivity index (χ1v) is 11.5. The van der Waals surface area contributed by atoms with E-state index in [0.717, 1.165) is 11.3 Å². The molecule has 0 spiro atoms. The zero-order valence-corrected chi connectivity index (χ0v) is 19.9. The van der Waals surface area contributed by atoms with Gasteiger partial charge in [-0.15, -0.1) is 0 Å². The average Bonchev–Trinajstić information content (AvgIpc) is 3.28. The third kappa shape index (κ3) is 6.12. The molecule has 1 aliphatic rings. The highest BCUT2D eigenvalue weighted by Gasteiger charge is 2.32. The number of hydrogen-bond acceptors (Lipinski definition) is 6. The molecular weight excluding hydrogens is 460 g/mol. The summed E-state index contributed by atoms with van der Waals surface area (Å²) in [6.45, 7) is 0.970. The lowest BCUT2D eigenvalue weighted by Gasteiger charge is -2.14. The minimum absolute atomic E-state index is 0.0371. The van der Waals surface area contributed by atoms with Gasteiger partial charge in [0.15, 0.2) is 6.10 Å². The quantitative estimate of drug-likeness (QED) is 0.297. The summed E-state index contributed by atoms with van der Waals surface area (Å²) in [4.78, 5) is 26.4. The molecule has 0 bridgehead atoms. The van der Waals surface area contributed by atoms with E-state index in [4.69, 9.17) is 25.4 Å². The number of amides is 2. The van der Waals surface area contributed by atoms with E-state index in [1.54, 1.807) is 55.6 Å². The van der Waals surface area contributed by atoms with Crippen LogP contribution in [0.5, 0.6) is 11.5 Å². The Balaban J connectivity index is 1.26. The summed E-state index contributed by atoms with van der Waals surface area (Å²) >= 11 is 0. The van der Waals surface area contributed by atoms with Crippen LogP contribution in [0.1, 0.15) is 21.5 Å². The van der Waals surface area contributed by atoms with E-state index in [1.165, 1.54) is 4.90 Å². The van der Waals surface area contributed by atoms with Crippen LogP contribution in [0.4, 0.5) is 10.5 Å². The standard InChI is InChI=1S/C27H28N4O5/c1-34-22-11-5-18(6-12-22)13-14-30-26(32)20-3-2-4-23(15-20)35-17-24-16-31(27(33)36-24)21-9-7-19(8-10-21)25(28)29/h2-12,15,24H,13-14,16-17H2,1H3,(H3,28,29)(H,30,32). The summed E-state index contributed by atoms with van der Waals surface area (Å²) in [5.74, 6) is 1.08. The topological polar surface area (TPSA) is 127 Å². The molecule has 1 atom stereocenters. The van der Waals surface area contributed by atoms with Gasteiger partial charge < -0.3 is 25.3 Å². The van der Waals surface area contributed by atoms with Crippen LogP contribution in [0.3, 0.4) is 0 Å². The maximum Gasteiger partial charge on any atom is 0.414 e. The lowest BCUT2D eigenvalue weighted by Crippen LogP contribution is -2.27. The Hall–Kier alpha value is -4.53. The van der Waals surface area contributed by atoms with E-state index in [1.807, 2.05) is 24.3 Å². The van der Waals surface area contributed by atoms with Gasteiger partial charge in [0.05, 0.1) is 13.7 Å². The molecule has 2 amide bonds. The molecule has 4 N–H and O–H groups in total. The molecule has 3 aromatic rings. The summed E-state index contributed by atoms with van der Waals surface area (Å²) < 4.78 is 16.4. The molecule has 186 valence electrons. The van der Waals surface area contributed by atoms with Crippen molar-refractivity contribution in [2.45, 2.75) is 12.5 Å². The first kappa shape index (κ1) is 24.6. The second-order valence-corrected chi connectivity index (χ2v) is 8.27. The first-order chi connectivity index (χ1) is 17.4. The number of rotatable bonds is 10. The van der Waals surface area contributed by atoms with E-state index >= 15 is 0 Å². The summed E-state index contributed by atoms with van der Waals surface area (Å²) in [7, 11) is 1.62. The van der Waals surface area contributed by atoms with Gasteiger partial charge in [-0.25, -0.2) is 4.79 Å². The molecule has 0 saturated carbocycles. The molecule has 1 aliphatic heterocycles. The molecular formula is C27H28N4O5. The Morgan fingerprint density at radius 3 is 2.53 bits per heavy atom. The lowest BCUT2D eigenvalue weighted by atomic mass is 10.1. The van der Waals surface area contributed by atoms with Gasteiger partial charge in [0.1, 0.15) is 23.9 Å². The average molecular weight is 489 g/mol. The lowest BCUT2D eigenvalue weighted by molar-refractivity contribution is 0.0953. The molecule has 1 saturated heterocycles. The molecule has 0 aliphatic carbocycles. The molecule has 0 radical (unpaired) electrons. The number of cyclic esters (lactones) is 1. The van der Waals surface area contributed by atoms with E-state index < -0.39 is 12.2 Å². The van der Waals surface area contributed by atoms with Gasteiger partial charge >= 0.3 is 6.09 Å². The number of nitrogens with zero attached hydrogens (tertiary/aromatic N) is 1. The van der Waals surface area contributed by atoms with Crippen molar-refractivity contribution in [3.05, 3.63) is 89.5 Å². The molecule has 36 heavy (non-hydrogen) atoms. The predicted molar refractivity (Wildman–Crippen MR) is 136 cm³/mol. The second-order valence-electron chi connectivity index (χ2n) is 8.27. The number of carbonyl (C=O) groups is 2. The number of ether oxygens (including phenoxy) is 3. The molecule has 1 heterocycles. The fraction of sp³-hybridized carbons (Fsp3) is 0.222. The third-order valence-corrected chi connectivity index (χ3v) is 5.75. The molecule has 1 unspecified atom stereocenters. The van der Waals surface area contributed by atoms with Crippen LogP contribution >= 0.6 is 0 Å². The Bertz CT molecular complexity index is 1230. The minimum atomic E-state index is -0.468. The number of methoxy groups -OCH3 is 1. The number of carbonyl (C=O) groups excluding carboxylic acids is 2. The molecule has 0 aromatic heterocycles. The van der Waals surface area contributed by atoms with E-state index in [9.17, 15) is 9.59 Å². The number of nitrogens with one attached hydrogen (secondary N) is 2. The maximum atomic E-state index is 12.6. The van der Waals surface area contributed by atoms with Gasteiger partial charge in [0.2, 0.25) is 0 Å². The number of nitrogen functional groups attached to an aromatic ring is 1. The third-order valence-electron chi connectivity index (χ3n) is 5.75. The Morgan fingerprint density at radius 1 is 1.08 bits per heavy atom. The highest BCUT2D eigenvalue weighted by atomic mass is 16.6. The molecule has 1 fully saturated rings. The van der Waals surface area contributed by atoms with Gasteiger partial charge in [-0.2, -0.15) is 0 Å². The largest absolute Gasteiger partial charge is 0.497 e. The predicted octanol–water partition coefficient (Wildman–Crippen LogP) is 3.36. The van der Waals surface area contributed by atoms with Crippen LogP contribution in [0.25, 0.3) is 0 Å². The first-order valence-electron chi connectivity index (χ1n) is 11.5. The normalized spacial score (nSPS) is 14.8. The van der Waals surface area contributed by atoms with E-state index in [0.29, 0.717) is 42.1 Å². The number of anilines is 1. The van der Waals surface area contributed by atoms with Crippen LogP contribution in [-0.2, 0) is 11.2 Å². The van der Waals surface area contributed by atoms with Crippen LogP contribution in [0.15, 0.2) is 72.8 Å². The molecule has 4 rings (SSSR count). The molecule has 9 heteroatoms. The van der Waals surface area contributed by atoms with Crippen LogP contribution < -0.4 is 25.4 Å². The Morgan fingerprint density at radius 2 is 1.83 bits per heavy atom. The highest BCUT2D eigenvalue weighted by Crippen LogP contribution is 2.23. The van der Waals surface area contributed by atoms with Crippen molar-refractivity contribution in [1.29, 1.82) is 5.41 Å². The number of amidine groups is 1. The van der Waals surface area contributed by atoms with Crippen LogP contribution in [-0.4, -0.2) is 50.7 Å². The number of benzene rings is 3. The zero-order chi connectivity index (χ0) is 25.5. The van der Waals surface area contributed by atoms with Crippen molar-refractivity contribution in [3.63, 3.8) is 0 Å². The van der Waals surface area contributed by atoms with Gasteiger partial charge in [-0.1, -0.05) is 18.2 Å². The van der Waals surface area contributed by atoms with Gasteiger partial charge in [-0.05, 0) is 66.6 Å². The summed E-state index contributed by atoms with van der Waals surface area (Å²) in [6.07, 6.45) is -0.233. The summed E-state index contributed by atoms with van der Waals surface area (Å²) in [5.41, 5.74) is 8.30. The van der Waals surface area contributed by atoms with Gasteiger partial charge in [0, 0.05) is 23.4 Å². The number of hydrogen-bond donors (Lipinski definition) is 3. The van der Waals surface area contributed by atoms with Gasteiger partial charge in [0.25, 0.3) is 5.91 Å². The molecule has 3 aromatic carbocycles. The van der Waals surface area contributed by atoms with Crippen molar-refractivity contribution in [1.82, 2.24) is 5.32 Å². The summed E-state index contributed by atoms with van der Waals surface area (Å²) in [5, 5.41) is 10.4. The summed E-state index contributed by atoms with van der Waals surface area (Å²) in [6, 6.07) is 21.4. The monoisotopic (exact) mass is 488 g/mol. The van der Waals surface area contributed by atoms with Crippen molar-refractivity contribution in [2.24, 2.45) is 5.73 Å². The maximum absolute atomic E-state index is 12.6. The van der Waals surface area contributed by atoms with Crippen molar-refractivity contribution in [2.75, 3.05) is 31.7 Å². The Kier molecular flexibility index (Phi) is 7.69. The molecule has 9 nitrogen and oxygen atoms in total. The highest BCUT2D eigenvalue weighted by molar-refractivity contribution is 5.96. The smallest absolute Gasteiger partial charge is 0.414 e. The van der Waals surface area contributed by atoms with Crippen molar-refractivity contribution >= 4 is 23.5 Å². The van der Waals surface area contributed by atoms with E-state index in [2.05, 4.69) is 5.32 Å². The van der Waals surface area contributed by atoms with Crippen LogP contribution in [0, 0.1) is 5.41 Å². The zero-order valence-electron chi connectivity index (χ0n) is 19.9. The minimum Gasteiger partial charge on any atom is -0.497 e.